The van der Waals surface area contributed by atoms with Crippen molar-refractivity contribution in [3.63, 3.8) is 0 Å². The standard InChI is InChI=1S/C16H13ClO/c1-4-13-6-8-16(14(17)10-13)18-15-7-5-11(2)9-12(15)3/h1,5-10H,2-3H3. The maximum atomic E-state index is 6.12. The first-order valence-corrected chi connectivity index (χ1v) is 5.99. The monoisotopic (exact) mass is 256 g/mol. The smallest absolute Gasteiger partial charge is 0.146 e. The third-order valence-electron chi connectivity index (χ3n) is 2.65. The molecule has 18 heavy (non-hydrogen) atoms. The van der Waals surface area contributed by atoms with Gasteiger partial charge in [0.2, 0.25) is 0 Å². The molecule has 2 aromatic carbocycles. The summed E-state index contributed by atoms with van der Waals surface area (Å²) in [4.78, 5) is 0. The van der Waals surface area contributed by atoms with Gasteiger partial charge < -0.3 is 4.74 Å². The van der Waals surface area contributed by atoms with Crippen molar-refractivity contribution in [1.29, 1.82) is 0 Å². The van der Waals surface area contributed by atoms with Gasteiger partial charge in [0.1, 0.15) is 11.5 Å². The number of benzene rings is 2. The van der Waals surface area contributed by atoms with E-state index in [4.69, 9.17) is 22.8 Å². The molecule has 2 rings (SSSR count). The average Bonchev–Trinajstić information content (AvgIpc) is 2.34. The quantitative estimate of drug-likeness (QED) is 0.706. The summed E-state index contributed by atoms with van der Waals surface area (Å²) in [5, 5.41) is 0.519. The lowest BCUT2D eigenvalue weighted by molar-refractivity contribution is 0.479. The molecule has 90 valence electrons. The summed E-state index contributed by atoms with van der Waals surface area (Å²) >= 11 is 6.12. The predicted octanol–water partition coefficient (Wildman–Crippen LogP) is 4.73. The number of rotatable bonds is 2. The first-order valence-electron chi connectivity index (χ1n) is 5.61. The van der Waals surface area contributed by atoms with Gasteiger partial charge in [-0.1, -0.05) is 35.2 Å². The molecule has 0 bridgehead atoms. The highest BCUT2D eigenvalue weighted by Crippen LogP contribution is 2.31. The van der Waals surface area contributed by atoms with Crippen LogP contribution in [0.2, 0.25) is 5.02 Å². The number of hydrogen-bond acceptors (Lipinski definition) is 1. The number of hydrogen-bond donors (Lipinski definition) is 0. The van der Waals surface area contributed by atoms with Crippen molar-refractivity contribution < 1.29 is 4.74 Å². The lowest BCUT2D eigenvalue weighted by atomic mass is 10.1. The maximum Gasteiger partial charge on any atom is 0.146 e. The summed E-state index contributed by atoms with van der Waals surface area (Å²) in [5.41, 5.74) is 3.02. The molecular formula is C16H13ClO. The molecule has 0 fully saturated rings. The van der Waals surface area contributed by atoms with E-state index in [0.29, 0.717) is 10.8 Å². The van der Waals surface area contributed by atoms with Gasteiger partial charge in [-0.25, -0.2) is 0 Å². The molecule has 0 aliphatic carbocycles. The fourth-order valence-corrected chi connectivity index (χ4v) is 1.92. The highest BCUT2D eigenvalue weighted by atomic mass is 35.5. The average molecular weight is 257 g/mol. The zero-order chi connectivity index (χ0) is 13.1. The summed E-state index contributed by atoms with van der Waals surface area (Å²) in [7, 11) is 0. The van der Waals surface area contributed by atoms with Crippen LogP contribution in [0.25, 0.3) is 0 Å². The number of terminal acetylenes is 1. The van der Waals surface area contributed by atoms with Crippen molar-refractivity contribution in [1.82, 2.24) is 0 Å². The Bertz CT molecular complexity index is 623. The van der Waals surface area contributed by atoms with Crippen LogP contribution < -0.4 is 4.74 Å². The van der Waals surface area contributed by atoms with E-state index in [0.717, 1.165) is 16.9 Å². The number of ether oxygens (including phenoxy) is 1. The highest BCUT2D eigenvalue weighted by Gasteiger charge is 2.06. The van der Waals surface area contributed by atoms with Crippen LogP contribution in [0, 0.1) is 26.2 Å². The molecule has 0 aliphatic rings. The molecule has 0 atom stereocenters. The van der Waals surface area contributed by atoms with E-state index in [-0.39, 0.29) is 0 Å². The molecule has 0 saturated carbocycles. The fraction of sp³-hybridized carbons (Fsp3) is 0.125. The lowest BCUT2D eigenvalue weighted by Gasteiger charge is -2.10. The van der Waals surface area contributed by atoms with Gasteiger partial charge in [0.05, 0.1) is 5.02 Å². The first-order chi connectivity index (χ1) is 8.60. The van der Waals surface area contributed by atoms with Gasteiger partial charge in [-0.2, -0.15) is 0 Å². The van der Waals surface area contributed by atoms with Crippen molar-refractivity contribution in [2.75, 3.05) is 0 Å². The molecule has 0 radical (unpaired) electrons. The molecule has 0 spiro atoms. The number of aryl methyl sites for hydroxylation is 2. The molecule has 2 heteroatoms. The zero-order valence-corrected chi connectivity index (χ0v) is 11.1. The van der Waals surface area contributed by atoms with Crippen molar-refractivity contribution in [3.05, 3.63) is 58.1 Å². The van der Waals surface area contributed by atoms with Gasteiger partial charge in [0.15, 0.2) is 0 Å². The van der Waals surface area contributed by atoms with Crippen LogP contribution in [0.3, 0.4) is 0 Å². The van der Waals surface area contributed by atoms with E-state index < -0.39 is 0 Å². The van der Waals surface area contributed by atoms with Gasteiger partial charge in [0, 0.05) is 5.56 Å². The van der Waals surface area contributed by atoms with Gasteiger partial charge >= 0.3 is 0 Å². The third-order valence-corrected chi connectivity index (χ3v) is 2.94. The number of halogens is 1. The van der Waals surface area contributed by atoms with Crippen molar-refractivity contribution in [3.8, 4) is 23.8 Å². The Labute approximate surface area is 112 Å². The van der Waals surface area contributed by atoms with Gasteiger partial charge in [0.25, 0.3) is 0 Å². The Hall–Kier alpha value is -1.91. The molecule has 1 nitrogen and oxygen atoms in total. The van der Waals surface area contributed by atoms with Crippen molar-refractivity contribution in [2.24, 2.45) is 0 Å². The Morgan fingerprint density at radius 1 is 1.06 bits per heavy atom. The SMILES string of the molecule is C#Cc1ccc(Oc2ccc(C)cc2C)c(Cl)c1. The maximum absolute atomic E-state index is 6.12. The largest absolute Gasteiger partial charge is 0.456 e. The van der Waals surface area contributed by atoms with Gasteiger partial charge in [-0.3, -0.25) is 0 Å². The minimum atomic E-state index is 0.519. The van der Waals surface area contributed by atoms with Crippen molar-refractivity contribution >= 4 is 11.6 Å². The van der Waals surface area contributed by atoms with Crippen LogP contribution in [0.15, 0.2) is 36.4 Å². The molecule has 0 saturated heterocycles. The molecule has 0 N–H and O–H groups in total. The molecule has 2 aromatic rings. The third kappa shape index (κ3) is 2.67. The van der Waals surface area contributed by atoms with E-state index in [1.165, 1.54) is 5.56 Å². The molecule has 0 aliphatic heterocycles. The summed E-state index contributed by atoms with van der Waals surface area (Å²) in [6.07, 6.45) is 5.31. The Morgan fingerprint density at radius 2 is 1.78 bits per heavy atom. The second-order valence-electron chi connectivity index (χ2n) is 4.16. The molecule has 0 unspecified atom stereocenters. The van der Waals surface area contributed by atoms with Crippen LogP contribution in [-0.2, 0) is 0 Å². The van der Waals surface area contributed by atoms with E-state index >= 15 is 0 Å². The van der Waals surface area contributed by atoms with E-state index in [1.807, 2.05) is 32.0 Å². The molecule has 0 aromatic heterocycles. The normalized spacial score (nSPS) is 9.89. The van der Waals surface area contributed by atoms with Crippen LogP contribution in [0.4, 0.5) is 0 Å². The summed E-state index contributed by atoms with van der Waals surface area (Å²) < 4.78 is 5.79. The molecule has 0 heterocycles. The minimum absolute atomic E-state index is 0.519. The second-order valence-corrected chi connectivity index (χ2v) is 4.57. The Morgan fingerprint density at radius 3 is 2.39 bits per heavy atom. The zero-order valence-electron chi connectivity index (χ0n) is 10.3. The fourth-order valence-electron chi connectivity index (χ4n) is 1.71. The van der Waals surface area contributed by atoms with Gasteiger partial charge in [-0.05, 0) is 43.7 Å². The molecule has 0 amide bonds. The molecular weight excluding hydrogens is 244 g/mol. The Kier molecular flexibility index (Phi) is 3.60. The van der Waals surface area contributed by atoms with E-state index in [9.17, 15) is 0 Å². The lowest BCUT2D eigenvalue weighted by Crippen LogP contribution is -1.89. The highest BCUT2D eigenvalue weighted by molar-refractivity contribution is 6.32. The second kappa shape index (κ2) is 5.16. The van der Waals surface area contributed by atoms with Crippen LogP contribution in [-0.4, -0.2) is 0 Å². The summed E-state index contributed by atoms with van der Waals surface area (Å²) in [6, 6.07) is 11.3. The summed E-state index contributed by atoms with van der Waals surface area (Å²) in [6.45, 7) is 4.05. The van der Waals surface area contributed by atoms with Crippen molar-refractivity contribution in [2.45, 2.75) is 13.8 Å². The van der Waals surface area contributed by atoms with E-state index in [1.54, 1.807) is 12.1 Å². The van der Waals surface area contributed by atoms with Crippen LogP contribution in [0.5, 0.6) is 11.5 Å². The summed E-state index contributed by atoms with van der Waals surface area (Å²) in [5.74, 6) is 3.95. The van der Waals surface area contributed by atoms with Crippen LogP contribution in [0.1, 0.15) is 16.7 Å². The van der Waals surface area contributed by atoms with Gasteiger partial charge in [-0.15, -0.1) is 6.42 Å². The van der Waals surface area contributed by atoms with E-state index in [2.05, 4.69) is 12.0 Å². The topological polar surface area (TPSA) is 9.23 Å². The predicted molar refractivity (Wildman–Crippen MR) is 75.4 cm³/mol. The minimum Gasteiger partial charge on any atom is -0.456 e. The Balaban J connectivity index is 2.32. The first kappa shape index (κ1) is 12.5. The van der Waals surface area contributed by atoms with Crippen LogP contribution >= 0.6 is 11.6 Å².